The van der Waals surface area contributed by atoms with Gasteiger partial charge in [0.15, 0.2) is 5.16 Å². The fourth-order valence-electron chi connectivity index (χ4n) is 2.94. The number of carbonyl (C=O) groups excluding carboxylic acids is 1. The van der Waals surface area contributed by atoms with Crippen LogP contribution in [0.15, 0.2) is 9.95 Å². The van der Waals surface area contributed by atoms with Crippen LogP contribution in [0.25, 0.3) is 0 Å². The maximum absolute atomic E-state index is 12.4. The van der Waals surface area contributed by atoms with Gasteiger partial charge < -0.3 is 9.64 Å². The second-order valence-corrected chi connectivity index (χ2v) is 7.28. The summed E-state index contributed by atoms with van der Waals surface area (Å²) in [5, 5.41) is 7.05. The third kappa shape index (κ3) is 4.60. The summed E-state index contributed by atoms with van der Waals surface area (Å²) < 4.78 is 7.15. The van der Waals surface area contributed by atoms with Crippen LogP contribution >= 0.6 is 11.8 Å². The zero-order valence-electron chi connectivity index (χ0n) is 14.2. The molecule has 1 atom stereocenters. The number of H-pyrrole nitrogens is 1. The highest BCUT2D eigenvalue weighted by Gasteiger charge is 2.23. The van der Waals surface area contributed by atoms with Crippen LogP contribution in [0.4, 0.5) is 0 Å². The van der Waals surface area contributed by atoms with Gasteiger partial charge in [-0.25, -0.2) is 9.89 Å². The van der Waals surface area contributed by atoms with Crippen molar-refractivity contribution in [2.75, 3.05) is 12.4 Å². The van der Waals surface area contributed by atoms with Crippen molar-refractivity contribution in [1.82, 2.24) is 19.7 Å². The number of amides is 1. The Morgan fingerprint density at radius 1 is 1.43 bits per heavy atom. The van der Waals surface area contributed by atoms with Crippen LogP contribution in [0.5, 0.6) is 0 Å². The van der Waals surface area contributed by atoms with Crippen molar-refractivity contribution in [2.45, 2.75) is 70.4 Å². The molecule has 0 spiro atoms. The van der Waals surface area contributed by atoms with Crippen LogP contribution in [0.1, 0.15) is 40.5 Å². The van der Waals surface area contributed by atoms with E-state index in [2.05, 4.69) is 10.2 Å². The van der Waals surface area contributed by atoms with Gasteiger partial charge in [-0.2, -0.15) is 0 Å². The van der Waals surface area contributed by atoms with Crippen molar-refractivity contribution in [3.05, 3.63) is 10.5 Å². The summed E-state index contributed by atoms with van der Waals surface area (Å²) in [6.07, 6.45) is 2.04. The lowest BCUT2D eigenvalue weighted by molar-refractivity contribution is -0.131. The summed E-state index contributed by atoms with van der Waals surface area (Å²) in [5.74, 6) is 0.325. The molecule has 7 nitrogen and oxygen atoms in total. The van der Waals surface area contributed by atoms with Crippen LogP contribution in [-0.4, -0.2) is 56.1 Å². The molecule has 0 unspecified atom stereocenters. The minimum absolute atomic E-state index is 0.0547. The SMILES string of the molecule is CC(C)N(C(=O)CSc1n[nH]c(=O)n1C[C@@H]1CCCO1)C(C)C. The molecule has 2 rings (SSSR count). The fraction of sp³-hybridized carbons (Fsp3) is 0.800. The molecule has 0 bridgehead atoms. The minimum Gasteiger partial charge on any atom is -0.376 e. The minimum atomic E-state index is -0.250. The van der Waals surface area contributed by atoms with E-state index in [-0.39, 0.29) is 35.5 Å². The Bertz CT molecular complexity index is 568. The van der Waals surface area contributed by atoms with E-state index in [1.54, 1.807) is 4.57 Å². The molecule has 0 saturated carbocycles. The van der Waals surface area contributed by atoms with E-state index >= 15 is 0 Å². The van der Waals surface area contributed by atoms with Gasteiger partial charge in [0.25, 0.3) is 0 Å². The highest BCUT2D eigenvalue weighted by atomic mass is 32.2. The maximum Gasteiger partial charge on any atom is 0.344 e. The molecule has 1 aromatic rings. The molecule has 0 aliphatic carbocycles. The topological polar surface area (TPSA) is 80.2 Å². The summed E-state index contributed by atoms with van der Waals surface area (Å²) in [6.45, 7) is 9.25. The third-order valence-corrected chi connectivity index (χ3v) is 4.82. The summed E-state index contributed by atoms with van der Waals surface area (Å²) in [7, 11) is 0. The van der Waals surface area contributed by atoms with Gasteiger partial charge >= 0.3 is 5.69 Å². The van der Waals surface area contributed by atoms with E-state index in [1.807, 2.05) is 32.6 Å². The van der Waals surface area contributed by atoms with Gasteiger partial charge in [-0.3, -0.25) is 9.36 Å². The number of thioether (sulfide) groups is 1. The highest BCUT2D eigenvalue weighted by molar-refractivity contribution is 7.99. The monoisotopic (exact) mass is 342 g/mol. The number of nitrogens with one attached hydrogen (secondary N) is 1. The third-order valence-electron chi connectivity index (χ3n) is 3.86. The summed E-state index contributed by atoms with van der Waals surface area (Å²) in [5.41, 5.74) is -0.250. The van der Waals surface area contributed by atoms with Crippen molar-refractivity contribution < 1.29 is 9.53 Å². The number of hydrogen-bond donors (Lipinski definition) is 1. The molecule has 1 aliphatic rings. The first kappa shape index (κ1) is 18.1. The first-order valence-corrected chi connectivity index (χ1v) is 9.09. The smallest absolute Gasteiger partial charge is 0.344 e. The standard InChI is InChI=1S/C15H26N4O3S/c1-10(2)19(11(3)4)13(20)9-23-15-17-16-14(21)18(15)8-12-6-5-7-22-12/h10-12H,5-9H2,1-4H3,(H,16,21)/t12-/m0/s1. The van der Waals surface area contributed by atoms with Crippen LogP contribution in [0.3, 0.4) is 0 Å². The van der Waals surface area contributed by atoms with Crippen LogP contribution in [0, 0.1) is 0 Å². The number of aromatic nitrogens is 3. The average molecular weight is 342 g/mol. The number of hydrogen-bond acceptors (Lipinski definition) is 5. The fourth-order valence-corrected chi connectivity index (χ4v) is 3.76. The molecule has 1 saturated heterocycles. The van der Waals surface area contributed by atoms with Gasteiger partial charge in [-0.15, -0.1) is 5.10 Å². The Morgan fingerprint density at radius 2 is 2.13 bits per heavy atom. The summed E-state index contributed by atoms with van der Waals surface area (Å²) in [6, 6.07) is 0.299. The maximum atomic E-state index is 12.4. The normalized spacial score (nSPS) is 18.1. The number of ether oxygens (including phenoxy) is 1. The van der Waals surface area contributed by atoms with E-state index < -0.39 is 0 Å². The molecule has 23 heavy (non-hydrogen) atoms. The van der Waals surface area contributed by atoms with E-state index in [0.717, 1.165) is 19.4 Å². The Morgan fingerprint density at radius 3 is 2.70 bits per heavy atom. The average Bonchev–Trinajstić information content (AvgIpc) is 3.08. The molecule has 1 amide bonds. The molecule has 130 valence electrons. The van der Waals surface area contributed by atoms with Crippen molar-refractivity contribution >= 4 is 17.7 Å². The zero-order chi connectivity index (χ0) is 17.0. The van der Waals surface area contributed by atoms with E-state index in [9.17, 15) is 9.59 Å². The van der Waals surface area contributed by atoms with Crippen LogP contribution in [0.2, 0.25) is 0 Å². The molecule has 1 N–H and O–H groups in total. The molecule has 8 heteroatoms. The quantitative estimate of drug-likeness (QED) is 0.759. The number of rotatable bonds is 7. The molecule has 1 fully saturated rings. The highest BCUT2D eigenvalue weighted by Crippen LogP contribution is 2.19. The molecule has 2 heterocycles. The Hall–Kier alpha value is -1.28. The molecular weight excluding hydrogens is 316 g/mol. The Labute approximate surface area is 140 Å². The van der Waals surface area contributed by atoms with Crippen molar-refractivity contribution in [2.24, 2.45) is 0 Å². The molecule has 1 aliphatic heterocycles. The zero-order valence-corrected chi connectivity index (χ0v) is 15.1. The predicted octanol–water partition coefficient (Wildman–Crippen LogP) is 1.49. The summed E-state index contributed by atoms with van der Waals surface area (Å²) >= 11 is 1.30. The first-order chi connectivity index (χ1) is 10.9. The van der Waals surface area contributed by atoms with E-state index in [0.29, 0.717) is 11.7 Å². The van der Waals surface area contributed by atoms with E-state index in [4.69, 9.17) is 4.74 Å². The summed E-state index contributed by atoms with van der Waals surface area (Å²) in [4.78, 5) is 26.2. The van der Waals surface area contributed by atoms with Gasteiger partial charge in [0.1, 0.15) is 0 Å². The van der Waals surface area contributed by atoms with Crippen molar-refractivity contribution in [3.8, 4) is 0 Å². The van der Waals surface area contributed by atoms with Crippen molar-refractivity contribution in [1.29, 1.82) is 0 Å². The molecule has 0 radical (unpaired) electrons. The molecule has 1 aromatic heterocycles. The van der Waals surface area contributed by atoms with Gasteiger partial charge in [0.2, 0.25) is 5.91 Å². The second-order valence-electron chi connectivity index (χ2n) is 6.33. The Kier molecular flexibility index (Phi) is 6.29. The van der Waals surface area contributed by atoms with Gasteiger partial charge in [-0.1, -0.05) is 11.8 Å². The first-order valence-electron chi connectivity index (χ1n) is 8.11. The van der Waals surface area contributed by atoms with Crippen LogP contribution in [-0.2, 0) is 16.1 Å². The van der Waals surface area contributed by atoms with Gasteiger partial charge in [0.05, 0.1) is 18.4 Å². The second kappa shape index (κ2) is 8.01. The lowest BCUT2D eigenvalue weighted by Gasteiger charge is -2.30. The number of carbonyl (C=O) groups is 1. The number of aromatic amines is 1. The van der Waals surface area contributed by atoms with Crippen LogP contribution < -0.4 is 5.69 Å². The predicted molar refractivity (Wildman–Crippen MR) is 89.7 cm³/mol. The lowest BCUT2D eigenvalue weighted by atomic mass is 10.2. The molecular formula is C15H26N4O3S. The number of nitrogens with zero attached hydrogens (tertiary/aromatic N) is 3. The van der Waals surface area contributed by atoms with Gasteiger partial charge in [-0.05, 0) is 40.5 Å². The van der Waals surface area contributed by atoms with Gasteiger partial charge in [0, 0.05) is 18.7 Å². The van der Waals surface area contributed by atoms with Crippen molar-refractivity contribution in [3.63, 3.8) is 0 Å². The lowest BCUT2D eigenvalue weighted by Crippen LogP contribution is -2.43. The van der Waals surface area contributed by atoms with E-state index in [1.165, 1.54) is 11.8 Å². The Balaban J connectivity index is 2.00. The molecule has 0 aromatic carbocycles. The largest absolute Gasteiger partial charge is 0.376 e.